The topological polar surface area (TPSA) is 72.0 Å². The van der Waals surface area contributed by atoms with Crippen molar-refractivity contribution >= 4 is 40.7 Å². The number of benzene rings is 2. The summed E-state index contributed by atoms with van der Waals surface area (Å²) in [7, 11) is 4.08. The number of methoxy groups -OCH3 is 2. The molecule has 0 aliphatic heterocycles. The molecule has 0 radical (unpaired) electrons. The number of nitrogens with zero attached hydrogens (tertiary/aromatic N) is 1. The van der Waals surface area contributed by atoms with Crippen LogP contribution in [0, 0.1) is 0 Å². The first kappa shape index (κ1) is 25.2. The van der Waals surface area contributed by atoms with E-state index in [9.17, 15) is 4.21 Å². The fourth-order valence-corrected chi connectivity index (χ4v) is 3.74. The molecular formula is C21H30IN3O3S. The maximum Gasteiger partial charge on any atom is 0.191 e. The summed E-state index contributed by atoms with van der Waals surface area (Å²) in [4.78, 5) is 4.21. The molecule has 0 aliphatic carbocycles. The minimum absolute atomic E-state index is 0. The van der Waals surface area contributed by atoms with Gasteiger partial charge in [0.25, 0.3) is 0 Å². The van der Waals surface area contributed by atoms with Crippen molar-refractivity contribution in [3.63, 3.8) is 0 Å². The van der Waals surface area contributed by atoms with Gasteiger partial charge >= 0.3 is 0 Å². The van der Waals surface area contributed by atoms with Gasteiger partial charge in [-0.25, -0.2) is 0 Å². The third-order valence-electron chi connectivity index (χ3n) is 4.17. The highest BCUT2D eigenvalue weighted by Crippen LogP contribution is 2.27. The highest BCUT2D eigenvalue weighted by molar-refractivity contribution is 14.0. The van der Waals surface area contributed by atoms with Crippen molar-refractivity contribution in [2.75, 3.05) is 40.1 Å². The minimum atomic E-state index is -0.903. The summed E-state index contributed by atoms with van der Waals surface area (Å²) in [6.45, 7) is 1.33. The molecule has 0 saturated heterocycles. The SMILES string of the molecule is CN=C(NCCc1ccc(OC)c(OC)c1)NCCS(=O)Cc1ccccc1.I. The molecule has 8 heteroatoms. The lowest BCUT2D eigenvalue weighted by Gasteiger charge is -2.13. The van der Waals surface area contributed by atoms with E-state index in [1.807, 2.05) is 48.5 Å². The van der Waals surface area contributed by atoms with Crippen LogP contribution in [0.25, 0.3) is 0 Å². The second-order valence-corrected chi connectivity index (χ2v) is 7.72. The molecule has 0 aliphatic rings. The Kier molecular flexibility index (Phi) is 12.4. The van der Waals surface area contributed by atoms with Crippen molar-refractivity contribution in [3.05, 3.63) is 59.7 Å². The van der Waals surface area contributed by atoms with E-state index in [1.54, 1.807) is 21.3 Å². The number of nitrogens with one attached hydrogen (secondary N) is 2. The number of guanidine groups is 1. The zero-order chi connectivity index (χ0) is 20.2. The summed E-state index contributed by atoms with van der Waals surface area (Å²) in [6, 6.07) is 15.8. The van der Waals surface area contributed by atoms with Crippen LogP contribution in [0.5, 0.6) is 11.5 Å². The first-order valence-electron chi connectivity index (χ1n) is 9.20. The molecule has 2 aromatic carbocycles. The summed E-state index contributed by atoms with van der Waals surface area (Å²) in [5.41, 5.74) is 2.24. The monoisotopic (exact) mass is 531 g/mol. The van der Waals surface area contributed by atoms with E-state index in [4.69, 9.17) is 9.47 Å². The van der Waals surface area contributed by atoms with Gasteiger partial charge in [0, 0.05) is 42.4 Å². The van der Waals surface area contributed by atoms with E-state index in [0.29, 0.717) is 24.0 Å². The number of ether oxygens (including phenoxy) is 2. The normalized spacial score (nSPS) is 11.9. The van der Waals surface area contributed by atoms with Crippen molar-refractivity contribution in [1.82, 2.24) is 10.6 Å². The lowest BCUT2D eigenvalue weighted by atomic mass is 10.1. The van der Waals surface area contributed by atoms with Crippen LogP contribution in [0.3, 0.4) is 0 Å². The van der Waals surface area contributed by atoms with Crippen LogP contribution in [0.4, 0.5) is 0 Å². The summed E-state index contributed by atoms with van der Waals surface area (Å²) in [5, 5.41) is 6.49. The van der Waals surface area contributed by atoms with Gasteiger partial charge in [-0.1, -0.05) is 36.4 Å². The van der Waals surface area contributed by atoms with Gasteiger partial charge in [0.15, 0.2) is 17.5 Å². The maximum absolute atomic E-state index is 12.2. The molecule has 1 atom stereocenters. The smallest absolute Gasteiger partial charge is 0.191 e. The average Bonchev–Trinajstić information content (AvgIpc) is 2.73. The van der Waals surface area contributed by atoms with Crippen molar-refractivity contribution in [2.24, 2.45) is 4.99 Å². The van der Waals surface area contributed by atoms with E-state index >= 15 is 0 Å². The summed E-state index contributed by atoms with van der Waals surface area (Å²) in [6.07, 6.45) is 0.820. The first-order valence-corrected chi connectivity index (χ1v) is 10.7. The lowest BCUT2D eigenvalue weighted by Crippen LogP contribution is -2.40. The Morgan fingerprint density at radius 2 is 1.66 bits per heavy atom. The van der Waals surface area contributed by atoms with Gasteiger partial charge in [-0.15, -0.1) is 24.0 Å². The van der Waals surface area contributed by atoms with Gasteiger partial charge < -0.3 is 20.1 Å². The van der Waals surface area contributed by atoms with Crippen LogP contribution in [-0.4, -0.2) is 50.3 Å². The molecule has 2 rings (SSSR count). The largest absolute Gasteiger partial charge is 0.493 e. The first-order chi connectivity index (χ1) is 13.7. The van der Waals surface area contributed by atoms with E-state index in [-0.39, 0.29) is 24.0 Å². The summed E-state index contributed by atoms with van der Waals surface area (Å²) in [5.74, 6) is 3.31. The molecule has 29 heavy (non-hydrogen) atoms. The number of hydrogen-bond donors (Lipinski definition) is 2. The Morgan fingerprint density at radius 3 is 2.31 bits per heavy atom. The van der Waals surface area contributed by atoms with E-state index in [2.05, 4.69) is 15.6 Å². The third kappa shape index (κ3) is 9.03. The standard InChI is InChI=1S/C21H29N3O3S.HI/c1-22-21(24-13-14-28(25)16-18-7-5-4-6-8-18)23-12-11-17-9-10-19(26-2)20(15-17)27-3;/h4-10,15H,11-14,16H2,1-3H3,(H2,22,23,24);1H. The molecule has 160 valence electrons. The van der Waals surface area contributed by atoms with Crippen molar-refractivity contribution in [2.45, 2.75) is 12.2 Å². The van der Waals surface area contributed by atoms with Gasteiger partial charge in [-0.05, 0) is 29.7 Å². The molecule has 0 aromatic heterocycles. The molecule has 0 saturated carbocycles. The van der Waals surface area contributed by atoms with E-state index in [0.717, 1.165) is 35.6 Å². The third-order valence-corrected chi connectivity index (χ3v) is 5.49. The van der Waals surface area contributed by atoms with Crippen molar-refractivity contribution in [3.8, 4) is 11.5 Å². The van der Waals surface area contributed by atoms with Crippen LogP contribution in [0.15, 0.2) is 53.5 Å². The molecule has 0 fully saturated rings. The highest BCUT2D eigenvalue weighted by atomic mass is 127. The second-order valence-electron chi connectivity index (χ2n) is 6.14. The molecule has 0 amide bonds. The lowest BCUT2D eigenvalue weighted by molar-refractivity contribution is 0.354. The predicted molar refractivity (Wildman–Crippen MR) is 131 cm³/mol. The number of hydrogen-bond acceptors (Lipinski definition) is 4. The van der Waals surface area contributed by atoms with Crippen LogP contribution in [0.2, 0.25) is 0 Å². The Morgan fingerprint density at radius 1 is 0.966 bits per heavy atom. The van der Waals surface area contributed by atoms with Crippen LogP contribution < -0.4 is 20.1 Å². The fourth-order valence-electron chi connectivity index (χ4n) is 2.70. The Hall–Kier alpha value is -1.81. The maximum atomic E-state index is 12.2. The molecule has 0 spiro atoms. The van der Waals surface area contributed by atoms with Gasteiger partial charge in [-0.2, -0.15) is 0 Å². The van der Waals surface area contributed by atoms with Gasteiger partial charge in [0.1, 0.15) is 0 Å². The molecule has 0 bridgehead atoms. The Balaban J connectivity index is 0.00000420. The molecule has 6 nitrogen and oxygen atoms in total. The van der Waals surface area contributed by atoms with Crippen LogP contribution in [0.1, 0.15) is 11.1 Å². The van der Waals surface area contributed by atoms with E-state index in [1.165, 1.54) is 0 Å². The van der Waals surface area contributed by atoms with Crippen molar-refractivity contribution in [1.29, 1.82) is 0 Å². The van der Waals surface area contributed by atoms with Crippen LogP contribution >= 0.6 is 24.0 Å². The minimum Gasteiger partial charge on any atom is -0.493 e. The Labute approximate surface area is 193 Å². The number of halogens is 1. The van der Waals surface area contributed by atoms with Crippen molar-refractivity contribution < 1.29 is 13.7 Å². The summed E-state index contributed by atoms with van der Waals surface area (Å²) < 4.78 is 22.8. The molecular weight excluding hydrogens is 501 g/mol. The zero-order valence-corrected chi connectivity index (χ0v) is 20.3. The summed E-state index contributed by atoms with van der Waals surface area (Å²) >= 11 is 0. The molecule has 0 heterocycles. The van der Waals surface area contributed by atoms with Gasteiger partial charge in [0.05, 0.1) is 14.2 Å². The number of rotatable bonds is 10. The van der Waals surface area contributed by atoms with Gasteiger partial charge in [-0.3, -0.25) is 9.20 Å². The molecule has 2 N–H and O–H groups in total. The highest BCUT2D eigenvalue weighted by Gasteiger charge is 2.06. The van der Waals surface area contributed by atoms with Crippen LogP contribution in [-0.2, 0) is 23.0 Å². The predicted octanol–water partition coefficient (Wildman–Crippen LogP) is 2.98. The quantitative estimate of drug-likeness (QED) is 0.280. The fraction of sp³-hybridized carbons (Fsp3) is 0.381. The average molecular weight is 531 g/mol. The zero-order valence-electron chi connectivity index (χ0n) is 17.1. The molecule has 2 aromatic rings. The second kappa shape index (κ2) is 14.2. The van der Waals surface area contributed by atoms with E-state index < -0.39 is 10.8 Å². The Bertz CT molecular complexity index is 788. The molecule has 1 unspecified atom stereocenters. The number of aliphatic imine (C=N–C) groups is 1. The van der Waals surface area contributed by atoms with Gasteiger partial charge in [0.2, 0.25) is 0 Å².